The number of hydrogen-bond acceptors (Lipinski definition) is 4. The van der Waals surface area contributed by atoms with Crippen LogP contribution in [-0.2, 0) is 0 Å². The van der Waals surface area contributed by atoms with Gasteiger partial charge in [-0.1, -0.05) is 48.0 Å². The third-order valence-corrected chi connectivity index (χ3v) is 5.16. The molecule has 0 atom stereocenters. The minimum Gasteiger partial charge on any atom is -0.284 e. The molecule has 0 fully saturated rings. The maximum atomic E-state index is 13.5. The van der Waals surface area contributed by atoms with Gasteiger partial charge in [0.2, 0.25) is 0 Å². The lowest BCUT2D eigenvalue weighted by Gasteiger charge is -2.12. The number of aromatic nitrogens is 5. The van der Waals surface area contributed by atoms with Gasteiger partial charge in [-0.3, -0.25) is 9.36 Å². The molecule has 3 heterocycles. The standard InChI is InChI=1S/C21H14ClN5O/c1-13-7-8-15(11-16(13)22)26-10-9-17-18(20(26)28)19(14-5-3-2-4-6-14)27-21(25-17)23-12-24-27/h2-12H,1H3. The zero-order chi connectivity index (χ0) is 19.3. The van der Waals surface area contributed by atoms with Crippen molar-refractivity contribution in [1.29, 1.82) is 0 Å². The van der Waals surface area contributed by atoms with Gasteiger partial charge in [0.15, 0.2) is 0 Å². The van der Waals surface area contributed by atoms with Crippen LogP contribution < -0.4 is 5.56 Å². The number of aryl methyl sites for hydroxylation is 1. The van der Waals surface area contributed by atoms with Crippen LogP contribution in [0.15, 0.2) is 71.9 Å². The Bertz CT molecular complexity index is 1410. The van der Waals surface area contributed by atoms with Crippen LogP contribution in [0.1, 0.15) is 5.56 Å². The summed E-state index contributed by atoms with van der Waals surface area (Å²) in [5, 5.41) is 5.37. The number of hydrogen-bond donors (Lipinski definition) is 0. The van der Waals surface area contributed by atoms with Crippen LogP contribution in [-0.4, -0.2) is 24.1 Å². The Labute approximate surface area is 164 Å². The Balaban J connectivity index is 1.91. The van der Waals surface area contributed by atoms with Gasteiger partial charge in [-0.05, 0) is 30.7 Å². The normalized spacial score (nSPS) is 11.4. The summed E-state index contributed by atoms with van der Waals surface area (Å²) in [5.74, 6) is 0.446. The van der Waals surface area contributed by atoms with Crippen LogP contribution in [0, 0.1) is 6.92 Å². The highest BCUT2D eigenvalue weighted by molar-refractivity contribution is 6.31. The number of nitrogens with zero attached hydrogens (tertiary/aromatic N) is 5. The quantitative estimate of drug-likeness (QED) is 0.458. The second-order valence-electron chi connectivity index (χ2n) is 6.48. The molecule has 136 valence electrons. The van der Waals surface area contributed by atoms with E-state index in [-0.39, 0.29) is 5.56 Å². The summed E-state index contributed by atoms with van der Waals surface area (Å²) in [6.07, 6.45) is 3.15. The fourth-order valence-corrected chi connectivity index (χ4v) is 3.50. The second kappa shape index (κ2) is 6.28. The molecular formula is C21H14ClN5O. The molecule has 5 rings (SSSR count). The molecule has 28 heavy (non-hydrogen) atoms. The highest BCUT2D eigenvalue weighted by Crippen LogP contribution is 2.26. The summed E-state index contributed by atoms with van der Waals surface area (Å²) in [6.45, 7) is 1.92. The molecule has 0 aliphatic rings. The van der Waals surface area contributed by atoms with Crippen LogP contribution in [0.5, 0.6) is 0 Å². The number of fused-ring (bicyclic) bond motifs is 2. The van der Waals surface area contributed by atoms with Crippen molar-refractivity contribution in [3.8, 4) is 16.9 Å². The summed E-state index contributed by atoms with van der Waals surface area (Å²) in [5.41, 5.74) is 3.55. The minimum atomic E-state index is -0.193. The van der Waals surface area contributed by atoms with E-state index in [2.05, 4.69) is 15.1 Å². The number of halogens is 1. The van der Waals surface area contributed by atoms with Crippen molar-refractivity contribution in [1.82, 2.24) is 24.1 Å². The van der Waals surface area contributed by atoms with Gasteiger partial charge in [-0.15, -0.1) is 0 Å². The SMILES string of the molecule is Cc1ccc(-n2ccc3nc4ncnn4c(-c4ccccc4)c3c2=O)cc1Cl. The third kappa shape index (κ3) is 2.50. The first-order valence-corrected chi connectivity index (χ1v) is 9.08. The van der Waals surface area contributed by atoms with Gasteiger partial charge in [0, 0.05) is 16.8 Å². The van der Waals surface area contributed by atoms with Crippen molar-refractivity contribution in [3.63, 3.8) is 0 Å². The van der Waals surface area contributed by atoms with Gasteiger partial charge in [0.1, 0.15) is 6.33 Å². The van der Waals surface area contributed by atoms with Gasteiger partial charge >= 0.3 is 0 Å². The van der Waals surface area contributed by atoms with E-state index >= 15 is 0 Å². The number of rotatable bonds is 2. The largest absolute Gasteiger partial charge is 0.284 e. The predicted octanol–water partition coefficient (Wildman–Crippen LogP) is 4.06. The summed E-state index contributed by atoms with van der Waals surface area (Å²) < 4.78 is 3.18. The number of benzene rings is 2. The molecule has 0 unspecified atom stereocenters. The van der Waals surface area contributed by atoms with E-state index in [1.54, 1.807) is 21.3 Å². The molecule has 0 spiro atoms. The Morgan fingerprint density at radius 1 is 1.04 bits per heavy atom. The maximum absolute atomic E-state index is 13.5. The fraction of sp³-hybridized carbons (Fsp3) is 0.0476. The Hall–Kier alpha value is -3.51. The van der Waals surface area contributed by atoms with Crippen molar-refractivity contribution in [2.24, 2.45) is 0 Å². The van der Waals surface area contributed by atoms with E-state index in [0.717, 1.165) is 11.1 Å². The topological polar surface area (TPSA) is 65.1 Å². The molecule has 0 N–H and O–H groups in total. The van der Waals surface area contributed by atoms with Gasteiger partial charge < -0.3 is 0 Å². The molecule has 0 saturated heterocycles. The average Bonchev–Trinajstić information content (AvgIpc) is 3.18. The van der Waals surface area contributed by atoms with Crippen LogP contribution in [0.2, 0.25) is 5.02 Å². The zero-order valence-corrected chi connectivity index (χ0v) is 15.6. The van der Waals surface area contributed by atoms with Gasteiger partial charge in [0.25, 0.3) is 11.3 Å². The highest BCUT2D eigenvalue weighted by Gasteiger charge is 2.17. The van der Waals surface area contributed by atoms with Crippen molar-refractivity contribution in [3.05, 3.63) is 88.1 Å². The van der Waals surface area contributed by atoms with Crippen LogP contribution in [0.3, 0.4) is 0 Å². The summed E-state index contributed by atoms with van der Waals surface area (Å²) in [6, 6.07) is 17.0. The first-order valence-electron chi connectivity index (χ1n) is 8.70. The lowest BCUT2D eigenvalue weighted by molar-refractivity contribution is 0.948. The van der Waals surface area contributed by atoms with E-state index in [4.69, 9.17) is 11.6 Å². The van der Waals surface area contributed by atoms with Crippen molar-refractivity contribution < 1.29 is 0 Å². The molecule has 0 aliphatic heterocycles. The second-order valence-corrected chi connectivity index (χ2v) is 6.89. The van der Waals surface area contributed by atoms with Crippen molar-refractivity contribution in [2.45, 2.75) is 6.92 Å². The van der Waals surface area contributed by atoms with Gasteiger partial charge in [-0.25, -0.2) is 4.98 Å². The Kier molecular flexibility index (Phi) is 3.74. The summed E-state index contributed by atoms with van der Waals surface area (Å²) >= 11 is 6.27. The van der Waals surface area contributed by atoms with E-state index in [1.165, 1.54) is 6.33 Å². The van der Waals surface area contributed by atoms with E-state index in [0.29, 0.717) is 33.1 Å². The summed E-state index contributed by atoms with van der Waals surface area (Å²) in [7, 11) is 0. The van der Waals surface area contributed by atoms with Gasteiger partial charge in [0.05, 0.1) is 22.3 Å². The highest BCUT2D eigenvalue weighted by atomic mass is 35.5. The molecule has 6 nitrogen and oxygen atoms in total. The van der Waals surface area contributed by atoms with E-state index < -0.39 is 0 Å². The fourth-order valence-electron chi connectivity index (χ4n) is 3.32. The zero-order valence-electron chi connectivity index (χ0n) is 14.9. The Morgan fingerprint density at radius 2 is 1.86 bits per heavy atom. The lowest BCUT2D eigenvalue weighted by atomic mass is 10.1. The van der Waals surface area contributed by atoms with Crippen LogP contribution in [0.4, 0.5) is 0 Å². The van der Waals surface area contributed by atoms with E-state index in [9.17, 15) is 4.79 Å². The Morgan fingerprint density at radius 3 is 2.64 bits per heavy atom. The van der Waals surface area contributed by atoms with Crippen LogP contribution >= 0.6 is 11.6 Å². The van der Waals surface area contributed by atoms with Crippen molar-refractivity contribution >= 4 is 28.3 Å². The first kappa shape index (κ1) is 16.6. The molecule has 2 aromatic carbocycles. The molecular weight excluding hydrogens is 374 g/mol. The molecule has 3 aromatic heterocycles. The molecule has 0 saturated carbocycles. The number of pyridine rings is 1. The van der Waals surface area contributed by atoms with Gasteiger partial charge in [-0.2, -0.15) is 14.6 Å². The lowest BCUT2D eigenvalue weighted by Crippen LogP contribution is -2.20. The average molecular weight is 388 g/mol. The molecule has 5 aromatic rings. The molecule has 0 radical (unpaired) electrons. The smallest absolute Gasteiger partial charge is 0.266 e. The van der Waals surface area contributed by atoms with E-state index in [1.807, 2.05) is 55.5 Å². The van der Waals surface area contributed by atoms with Crippen LogP contribution in [0.25, 0.3) is 33.6 Å². The van der Waals surface area contributed by atoms with Crippen molar-refractivity contribution in [2.75, 3.05) is 0 Å². The summed E-state index contributed by atoms with van der Waals surface area (Å²) in [4.78, 5) is 22.2. The molecule has 0 amide bonds. The molecule has 0 bridgehead atoms. The third-order valence-electron chi connectivity index (χ3n) is 4.75. The predicted molar refractivity (Wildman–Crippen MR) is 109 cm³/mol. The monoisotopic (exact) mass is 387 g/mol. The first-order chi connectivity index (χ1) is 13.6. The molecule has 7 heteroatoms. The maximum Gasteiger partial charge on any atom is 0.266 e. The minimum absolute atomic E-state index is 0.193. The molecule has 0 aliphatic carbocycles.